The quantitative estimate of drug-likeness (QED) is 0.585. The molecule has 1 aliphatic carbocycles. The maximum atomic E-state index is 12.9. The fourth-order valence-corrected chi connectivity index (χ4v) is 4.88. The van der Waals surface area contributed by atoms with Gasteiger partial charge in [-0.25, -0.2) is 0 Å². The van der Waals surface area contributed by atoms with Gasteiger partial charge in [-0.2, -0.15) is 0 Å². The number of hydrogen-bond acceptors (Lipinski definition) is 4. The summed E-state index contributed by atoms with van der Waals surface area (Å²) in [6.07, 6.45) is 6.90. The van der Waals surface area contributed by atoms with Crippen LogP contribution in [0.25, 0.3) is 0 Å². The van der Waals surface area contributed by atoms with Gasteiger partial charge in [-0.15, -0.1) is 0 Å². The average Bonchev–Trinajstić information content (AvgIpc) is 2.64. The van der Waals surface area contributed by atoms with Crippen molar-refractivity contribution in [3.05, 3.63) is 62.1 Å². The van der Waals surface area contributed by atoms with Gasteiger partial charge >= 0.3 is 0 Å². The molecule has 0 radical (unpaired) electrons. The third-order valence-corrected chi connectivity index (χ3v) is 6.06. The summed E-state index contributed by atoms with van der Waals surface area (Å²) in [4.78, 5) is 25.0. The van der Waals surface area contributed by atoms with Gasteiger partial charge in [-0.3, -0.25) is 9.59 Å². The van der Waals surface area contributed by atoms with Crippen LogP contribution in [0.2, 0.25) is 0 Å². The van der Waals surface area contributed by atoms with E-state index >= 15 is 0 Å². The van der Waals surface area contributed by atoms with Gasteiger partial charge in [-0.1, -0.05) is 48.8 Å². The highest BCUT2D eigenvalue weighted by Crippen LogP contribution is 2.47. The summed E-state index contributed by atoms with van der Waals surface area (Å²) in [5, 5.41) is 0. The van der Waals surface area contributed by atoms with E-state index in [1.54, 1.807) is 6.92 Å². The summed E-state index contributed by atoms with van der Waals surface area (Å²) in [7, 11) is 1.51. The molecule has 4 nitrogen and oxygen atoms in total. The molecule has 0 bridgehead atoms. The first-order chi connectivity index (χ1) is 13.5. The Morgan fingerprint density at radius 2 is 1.90 bits per heavy atom. The van der Waals surface area contributed by atoms with Crippen LogP contribution in [0, 0.1) is 25.7 Å². The van der Waals surface area contributed by atoms with Crippen molar-refractivity contribution in [2.24, 2.45) is 11.8 Å². The van der Waals surface area contributed by atoms with Crippen molar-refractivity contribution in [1.29, 1.82) is 0 Å². The molecular weight excluding hydrogens is 364 g/mol. The number of rotatable bonds is 6. The van der Waals surface area contributed by atoms with E-state index in [2.05, 4.69) is 45.9 Å². The molecule has 1 aromatic heterocycles. The maximum Gasteiger partial charge on any atom is 0.291 e. The Bertz CT molecular complexity index is 958. The average molecular weight is 399 g/mol. The van der Waals surface area contributed by atoms with Crippen molar-refractivity contribution in [3.8, 4) is 5.95 Å². The summed E-state index contributed by atoms with van der Waals surface area (Å²) in [6.45, 7) is 15.7. The minimum atomic E-state index is -0.567. The third-order valence-electron chi connectivity index (χ3n) is 6.06. The highest BCUT2D eigenvalue weighted by Gasteiger charge is 2.42. The van der Waals surface area contributed by atoms with E-state index in [1.165, 1.54) is 12.7 Å². The number of carbonyl (C=O) groups excluding carboxylic acids is 1. The van der Waals surface area contributed by atoms with Crippen molar-refractivity contribution >= 4 is 5.78 Å². The van der Waals surface area contributed by atoms with E-state index in [1.807, 2.05) is 20.8 Å². The van der Waals surface area contributed by atoms with Crippen LogP contribution in [-0.4, -0.2) is 12.9 Å². The van der Waals surface area contributed by atoms with Crippen molar-refractivity contribution in [2.45, 2.75) is 67.2 Å². The Kier molecular flexibility index (Phi) is 6.77. The van der Waals surface area contributed by atoms with Gasteiger partial charge < -0.3 is 9.15 Å². The number of hydrogen-bond donors (Lipinski definition) is 0. The SMILES string of the molecule is CCC(=O)C(C)/C=C(\C)C1C(C)=CC(C)=CC1(C)c1oc(OC)c(C)c(=O)c1C. The molecule has 0 N–H and O–H groups in total. The highest BCUT2D eigenvalue weighted by atomic mass is 16.6. The molecule has 3 atom stereocenters. The summed E-state index contributed by atoms with van der Waals surface area (Å²) >= 11 is 0. The number of allylic oxidation sites excluding steroid dienone is 6. The minimum absolute atomic E-state index is 0.0208. The molecule has 4 heteroatoms. The number of ketones is 1. The van der Waals surface area contributed by atoms with Gasteiger partial charge in [0, 0.05) is 23.8 Å². The predicted octanol–water partition coefficient (Wildman–Crippen LogP) is 5.61. The lowest BCUT2D eigenvalue weighted by Gasteiger charge is -2.40. The Labute approximate surface area is 174 Å². The van der Waals surface area contributed by atoms with Crippen LogP contribution >= 0.6 is 0 Å². The molecule has 0 spiro atoms. The topological polar surface area (TPSA) is 56.5 Å². The molecule has 0 aliphatic heterocycles. The molecule has 0 saturated carbocycles. The number of Topliss-reactive ketones (excluding diaryl/α,β-unsaturated/α-hetero) is 1. The molecule has 0 amide bonds. The standard InChI is InChI=1S/C25H34O4/c1-10-20(26)15(3)12-17(5)21-16(4)11-14(2)13-25(21,8)23-18(6)22(27)19(7)24(28-9)29-23/h11-13,15,21H,10H2,1-9H3/b17-12+. The van der Waals surface area contributed by atoms with E-state index in [4.69, 9.17) is 9.15 Å². The second-order valence-electron chi connectivity index (χ2n) is 8.51. The Morgan fingerprint density at radius 3 is 2.45 bits per heavy atom. The normalized spacial score (nSPS) is 23.3. The Balaban J connectivity index is 2.74. The van der Waals surface area contributed by atoms with Crippen molar-refractivity contribution in [3.63, 3.8) is 0 Å². The highest BCUT2D eigenvalue weighted by molar-refractivity contribution is 5.82. The van der Waals surface area contributed by atoms with Crippen LogP contribution in [0.3, 0.4) is 0 Å². The summed E-state index contributed by atoms with van der Waals surface area (Å²) in [6, 6.07) is 0. The molecule has 0 fully saturated rings. The first-order valence-corrected chi connectivity index (χ1v) is 10.2. The zero-order chi connectivity index (χ0) is 22.1. The largest absolute Gasteiger partial charge is 0.468 e. The first-order valence-electron chi connectivity index (χ1n) is 10.2. The van der Waals surface area contributed by atoms with Gasteiger partial charge in [0.2, 0.25) is 0 Å². The lowest BCUT2D eigenvalue weighted by molar-refractivity contribution is -0.120. The van der Waals surface area contributed by atoms with Gasteiger partial charge in [-0.05, 0) is 41.5 Å². The molecule has 1 aliphatic rings. The van der Waals surface area contributed by atoms with E-state index in [-0.39, 0.29) is 29.0 Å². The maximum absolute atomic E-state index is 12.9. The van der Waals surface area contributed by atoms with Crippen LogP contribution in [0.4, 0.5) is 0 Å². The predicted molar refractivity (Wildman–Crippen MR) is 118 cm³/mol. The zero-order valence-corrected chi connectivity index (χ0v) is 19.2. The fraction of sp³-hybridized carbons (Fsp3) is 0.520. The molecule has 0 aromatic carbocycles. The molecule has 2 rings (SSSR count). The summed E-state index contributed by atoms with van der Waals surface area (Å²) in [5.74, 6) is 0.918. The zero-order valence-electron chi connectivity index (χ0n) is 19.2. The molecule has 3 unspecified atom stereocenters. The lowest BCUT2D eigenvalue weighted by atomic mass is 9.64. The second kappa shape index (κ2) is 8.56. The van der Waals surface area contributed by atoms with Gasteiger partial charge in [0.15, 0.2) is 5.43 Å². The van der Waals surface area contributed by atoms with Crippen LogP contribution in [-0.2, 0) is 10.2 Å². The van der Waals surface area contributed by atoms with Gasteiger partial charge in [0.05, 0.1) is 18.1 Å². The Hall–Kier alpha value is -2.36. The van der Waals surface area contributed by atoms with Crippen molar-refractivity contribution in [1.82, 2.24) is 0 Å². The minimum Gasteiger partial charge on any atom is -0.468 e. The van der Waals surface area contributed by atoms with Crippen LogP contribution in [0.15, 0.2) is 44.2 Å². The van der Waals surface area contributed by atoms with E-state index in [0.717, 1.165) is 11.1 Å². The molecule has 158 valence electrons. The van der Waals surface area contributed by atoms with Gasteiger partial charge in [0.1, 0.15) is 11.5 Å². The molecule has 0 saturated heterocycles. The van der Waals surface area contributed by atoms with E-state index < -0.39 is 5.41 Å². The van der Waals surface area contributed by atoms with E-state index in [9.17, 15) is 9.59 Å². The number of carbonyl (C=O) groups is 1. The summed E-state index contributed by atoms with van der Waals surface area (Å²) < 4.78 is 11.5. The first kappa shape index (κ1) is 22.9. The molecular formula is C25H34O4. The van der Waals surface area contributed by atoms with Crippen molar-refractivity contribution in [2.75, 3.05) is 7.11 Å². The smallest absolute Gasteiger partial charge is 0.291 e. The van der Waals surface area contributed by atoms with Crippen LogP contribution in [0.5, 0.6) is 5.95 Å². The Morgan fingerprint density at radius 1 is 1.28 bits per heavy atom. The van der Waals surface area contributed by atoms with Crippen LogP contribution < -0.4 is 10.2 Å². The fourth-order valence-electron chi connectivity index (χ4n) is 4.88. The van der Waals surface area contributed by atoms with E-state index in [0.29, 0.717) is 23.3 Å². The molecule has 29 heavy (non-hydrogen) atoms. The number of methoxy groups -OCH3 is 1. The molecule has 1 heterocycles. The number of ether oxygens (including phenoxy) is 1. The van der Waals surface area contributed by atoms with Crippen molar-refractivity contribution < 1.29 is 13.9 Å². The second-order valence-corrected chi connectivity index (χ2v) is 8.51. The monoisotopic (exact) mass is 398 g/mol. The van der Waals surface area contributed by atoms with Crippen LogP contribution in [0.1, 0.15) is 64.9 Å². The van der Waals surface area contributed by atoms with Gasteiger partial charge in [0.25, 0.3) is 5.95 Å². The summed E-state index contributed by atoms with van der Waals surface area (Å²) in [5.41, 5.74) is 3.85. The third kappa shape index (κ3) is 4.17. The molecule has 1 aromatic rings. The lowest BCUT2D eigenvalue weighted by Crippen LogP contribution is -2.36.